The third-order valence-electron chi connectivity index (χ3n) is 4.37. The van der Waals surface area contributed by atoms with Gasteiger partial charge in [-0.05, 0) is 43.3 Å². The number of urea groups is 1. The second-order valence-corrected chi connectivity index (χ2v) is 6.34. The zero-order valence-corrected chi connectivity index (χ0v) is 15.2. The van der Waals surface area contributed by atoms with Gasteiger partial charge in [0, 0.05) is 29.9 Å². The summed E-state index contributed by atoms with van der Waals surface area (Å²) in [6.07, 6.45) is 0.229. The number of benzene rings is 2. The molecule has 1 heterocycles. The van der Waals surface area contributed by atoms with Crippen LogP contribution in [0.2, 0.25) is 0 Å². The van der Waals surface area contributed by atoms with Gasteiger partial charge in [0.25, 0.3) is 0 Å². The van der Waals surface area contributed by atoms with Crippen molar-refractivity contribution in [2.24, 2.45) is 0 Å². The Kier molecular flexibility index (Phi) is 5.40. The number of carbonyl (C=O) groups excluding carboxylic acids is 3. The fraction of sp³-hybridized carbons (Fsp3) is 0.250. The van der Waals surface area contributed by atoms with Gasteiger partial charge in [-0.25, -0.2) is 4.79 Å². The molecule has 2 aromatic carbocycles. The monoisotopic (exact) mass is 367 g/mol. The van der Waals surface area contributed by atoms with Crippen LogP contribution in [0, 0.1) is 0 Å². The van der Waals surface area contributed by atoms with E-state index in [0.29, 0.717) is 23.5 Å². The number of hydrogen-bond donors (Lipinski definition) is 2. The number of methoxy groups -OCH3 is 1. The molecule has 1 fully saturated rings. The number of ketones is 1. The number of ether oxygens (including phenoxy) is 1. The van der Waals surface area contributed by atoms with E-state index in [1.165, 1.54) is 6.92 Å². The van der Waals surface area contributed by atoms with Crippen molar-refractivity contribution in [2.45, 2.75) is 19.4 Å². The summed E-state index contributed by atoms with van der Waals surface area (Å²) in [5, 5.41) is 5.51. The van der Waals surface area contributed by atoms with E-state index in [1.54, 1.807) is 48.4 Å². The van der Waals surface area contributed by atoms with E-state index in [2.05, 4.69) is 10.6 Å². The second-order valence-electron chi connectivity index (χ2n) is 6.34. The molecule has 140 valence electrons. The van der Waals surface area contributed by atoms with Crippen molar-refractivity contribution in [1.82, 2.24) is 5.32 Å². The summed E-state index contributed by atoms with van der Waals surface area (Å²) in [5.74, 6) is 0.590. The highest BCUT2D eigenvalue weighted by Crippen LogP contribution is 2.24. The van der Waals surface area contributed by atoms with Gasteiger partial charge in [-0.1, -0.05) is 12.1 Å². The van der Waals surface area contributed by atoms with E-state index < -0.39 is 6.03 Å². The van der Waals surface area contributed by atoms with E-state index in [1.807, 2.05) is 12.1 Å². The molecule has 1 aliphatic rings. The van der Waals surface area contributed by atoms with Crippen LogP contribution in [0.3, 0.4) is 0 Å². The van der Waals surface area contributed by atoms with Gasteiger partial charge >= 0.3 is 6.03 Å². The molecule has 0 spiro atoms. The molecule has 3 rings (SSSR count). The molecule has 0 bridgehead atoms. The predicted molar refractivity (Wildman–Crippen MR) is 102 cm³/mol. The van der Waals surface area contributed by atoms with Crippen molar-refractivity contribution in [3.8, 4) is 5.75 Å². The maximum Gasteiger partial charge on any atom is 0.319 e. The number of nitrogens with one attached hydrogen (secondary N) is 2. The van der Waals surface area contributed by atoms with Crippen LogP contribution in [0.25, 0.3) is 0 Å². The third-order valence-corrected chi connectivity index (χ3v) is 4.37. The molecule has 0 aromatic heterocycles. The van der Waals surface area contributed by atoms with E-state index >= 15 is 0 Å². The Bertz CT molecular complexity index is 864. The van der Waals surface area contributed by atoms with Crippen LogP contribution in [0.15, 0.2) is 48.5 Å². The molecule has 0 saturated carbocycles. The molecule has 1 saturated heterocycles. The first-order chi connectivity index (χ1) is 13.0. The predicted octanol–water partition coefficient (Wildman–Crippen LogP) is 2.82. The molecule has 7 heteroatoms. The first-order valence-corrected chi connectivity index (χ1v) is 8.59. The van der Waals surface area contributed by atoms with E-state index in [4.69, 9.17) is 4.74 Å². The van der Waals surface area contributed by atoms with Gasteiger partial charge in [-0.3, -0.25) is 9.59 Å². The molecular formula is C20H21N3O4. The number of anilines is 2. The van der Waals surface area contributed by atoms with Crippen LogP contribution < -0.4 is 20.3 Å². The Labute approximate surface area is 157 Å². The van der Waals surface area contributed by atoms with Gasteiger partial charge in [-0.2, -0.15) is 0 Å². The number of nitrogens with zero attached hydrogens (tertiary/aromatic N) is 1. The first kappa shape index (κ1) is 18.4. The number of rotatable bonds is 5. The highest BCUT2D eigenvalue weighted by Gasteiger charge is 2.31. The van der Waals surface area contributed by atoms with Gasteiger partial charge < -0.3 is 20.3 Å². The Morgan fingerprint density at radius 1 is 1.15 bits per heavy atom. The molecule has 1 atom stereocenters. The number of carbonyl (C=O) groups is 3. The average molecular weight is 367 g/mol. The largest absolute Gasteiger partial charge is 0.497 e. The van der Waals surface area contributed by atoms with E-state index in [-0.39, 0.29) is 24.2 Å². The molecule has 3 amide bonds. The second kappa shape index (κ2) is 7.90. The molecule has 0 radical (unpaired) electrons. The van der Waals surface area contributed by atoms with E-state index in [0.717, 1.165) is 5.69 Å². The molecule has 7 nitrogen and oxygen atoms in total. The highest BCUT2D eigenvalue weighted by molar-refractivity contribution is 5.98. The van der Waals surface area contributed by atoms with Crippen LogP contribution in [0.4, 0.5) is 16.2 Å². The van der Waals surface area contributed by atoms with Crippen molar-refractivity contribution in [3.05, 3.63) is 54.1 Å². The minimum atomic E-state index is -0.412. The van der Waals surface area contributed by atoms with Crippen LogP contribution >= 0.6 is 0 Å². The number of Topliss-reactive ketones (excluding diaryl/α,β-unsaturated/α-hetero) is 1. The van der Waals surface area contributed by atoms with Gasteiger partial charge in [-0.15, -0.1) is 0 Å². The zero-order valence-electron chi connectivity index (χ0n) is 15.2. The Morgan fingerprint density at radius 2 is 1.89 bits per heavy atom. The summed E-state index contributed by atoms with van der Waals surface area (Å²) in [5.41, 5.74) is 1.81. The van der Waals surface area contributed by atoms with Crippen molar-refractivity contribution < 1.29 is 19.1 Å². The summed E-state index contributed by atoms with van der Waals surface area (Å²) < 4.78 is 5.12. The Morgan fingerprint density at radius 3 is 2.56 bits per heavy atom. The molecule has 1 unspecified atom stereocenters. The lowest BCUT2D eigenvalue weighted by Gasteiger charge is -2.18. The maximum absolute atomic E-state index is 12.3. The maximum atomic E-state index is 12.3. The van der Waals surface area contributed by atoms with Crippen molar-refractivity contribution in [3.63, 3.8) is 0 Å². The van der Waals surface area contributed by atoms with Crippen LogP contribution in [0.1, 0.15) is 23.7 Å². The minimum absolute atomic E-state index is 0.0518. The fourth-order valence-electron chi connectivity index (χ4n) is 2.98. The lowest BCUT2D eigenvalue weighted by atomic mass is 10.1. The lowest BCUT2D eigenvalue weighted by molar-refractivity contribution is -0.117. The van der Waals surface area contributed by atoms with Crippen molar-refractivity contribution in [1.29, 1.82) is 0 Å². The van der Waals surface area contributed by atoms with Crippen LogP contribution in [0.5, 0.6) is 5.75 Å². The molecule has 1 aliphatic heterocycles. The fourth-order valence-corrected chi connectivity index (χ4v) is 2.98. The van der Waals surface area contributed by atoms with Gasteiger partial charge in [0.2, 0.25) is 5.91 Å². The first-order valence-electron chi connectivity index (χ1n) is 8.59. The summed E-state index contributed by atoms with van der Waals surface area (Å²) in [4.78, 5) is 37.6. The molecule has 2 N–H and O–H groups in total. The van der Waals surface area contributed by atoms with Gasteiger partial charge in [0.05, 0.1) is 13.2 Å². The van der Waals surface area contributed by atoms with Crippen LogP contribution in [-0.2, 0) is 4.79 Å². The smallest absolute Gasteiger partial charge is 0.319 e. The number of hydrogen-bond acceptors (Lipinski definition) is 4. The van der Waals surface area contributed by atoms with Crippen molar-refractivity contribution >= 4 is 29.1 Å². The summed E-state index contributed by atoms with van der Waals surface area (Å²) in [6.45, 7) is 1.86. The van der Waals surface area contributed by atoms with Crippen molar-refractivity contribution in [2.75, 3.05) is 23.9 Å². The number of amides is 3. The Balaban J connectivity index is 1.59. The standard InChI is InChI=1S/C20H21N3O4/c1-13(24)14-4-3-5-15(10-14)21-20(26)22-16-11-19(25)23(12-16)17-6-8-18(27-2)9-7-17/h3-10,16H,11-12H2,1-2H3,(H2,21,22,26). The van der Waals surface area contributed by atoms with E-state index in [9.17, 15) is 14.4 Å². The average Bonchev–Trinajstić information content (AvgIpc) is 3.01. The molecule has 27 heavy (non-hydrogen) atoms. The highest BCUT2D eigenvalue weighted by atomic mass is 16.5. The van der Waals surface area contributed by atoms with Gasteiger partial charge in [0.1, 0.15) is 5.75 Å². The Hall–Kier alpha value is -3.35. The topological polar surface area (TPSA) is 87.7 Å². The summed E-state index contributed by atoms with van der Waals surface area (Å²) in [6, 6.07) is 13.2. The zero-order chi connectivity index (χ0) is 19.4. The quantitative estimate of drug-likeness (QED) is 0.796. The van der Waals surface area contributed by atoms with Gasteiger partial charge in [0.15, 0.2) is 5.78 Å². The van der Waals surface area contributed by atoms with Crippen LogP contribution in [-0.4, -0.2) is 37.4 Å². The SMILES string of the molecule is COc1ccc(N2CC(NC(=O)Nc3cccc(C(C)=O)c3)CC2=O)cc1. The molecule has 0 aliphatic carbocycles. The normalized spacial score (nSPS) is 16.1. The molecule has 2 aromatic rings. The summed E-state index contributed by atoms with van der Waals surface area (Å²) in [7, 11) is 1.58. The molecular weight excluding hydrogens is 346 g/mol. The lowest BCUT2D eigenvalue weighted by Crippen LogP contribution is -2.39. The third kappa shape index (κ3) is 4.44. The summed E-state index contributed by atoms with van der Waals surface area (Å²) >= 11 is 0. The minimum Gasteiger partial charge on any atom is -0.497 e.